The smallest absolute Gasteiger partial charge is 0.322 e. The second kappa shape index (κ2) is 7.44. The molecule has 0 spiro atoms. The maximum absolute atomic E-state index is 13.4. The highest BCUT2D eigenvalue weighted by Crippen LogP contribution is 2.19. The summed E-state index contributed by atoms with van der Waals surface area (Å²) < 4.78 is 13.4. The lowest BCUT2D eigenvalue weighted by Gasteiger charge is -2.07. The van der Waals surface area contributed by atoms with Crippen molar-refractivity contribution in [3.05, 3.63) is 34.6 Å². The summed E-state index contributed by atoms with van der Waals surface area (Å²) in [5.41, 5.74) is 0.0395. The van der Waals surface area contributed by atoms with E-state index in [1.165, 1.54) is 18.2 Å². The van der Waals surface area contributed by atoms with Gasteiger partial charge in [0.1, 0.15) is 12.4 Å². The van der Waals surface area contributed by atoms with Crippen LogP contribution in [0.3, 0.4) is 0 Å². The standard InChI is InChI=1S/C12H12ClFN2O4/c13-8-2-1-3-9(14)7(8)4-10(17)15-5-11(18)16-6-12(19)20/h1-3H,4-6H2,(H,15,17)(H,16,18)(H,19,20). The SMILES string of the molecule is O=C(O)CNC(=O)CNC(=O)Cc1c(F)cccc1Cl. The predicted octanol–water partition coefficient (Wildman–Crippen LogP) is 0.339. The van der Waals surface area contributed by atoms with E-state index in [4.69, 9.17) is 16.7 Å². The van der Waals surface area contributed by atoms with E-state index < -0.39 is 36.7 Å². The number of amides is 2. The van der Waals surface area contributed by atoms with Crippen LogP contribution in [0.25, 0.3) is 0 Å². The second-order valence-electron chi connectivity index (χ2n) is 3.82. The van der Waals surface area contributed by atoms with E-state index in [1.807, 2.05) is 0 Å². The van der Waals surface area contributed by atoms with Crippen LogP contribution in [-0.4, -0.2) is 36.0 Å². The van der Waals surface area contributed by atoms with Gasteiger partial charge in [-0.25, -0.2) is 4.39 Å². The molecule has 1 aromatic carbocycles. The van der Waals surface area contributed by atoms with Gasteiger partial charge in [0, 0.05) is 10.6 Å². The van der Waals surface area contributed by atoms with E-state index in [0.29, 0.717) is 0 Å². The minimum atomic E-state index is -1.19. The lowest BCUT2D eigenvalue weighted by Crippen LogP contribution is -2.39. The molecular weight excluding hydrogens is 291 g/mol. The molecule has 0 aliphatic carbocycles. The Morgan fingerprint density at radius 3 is 2.40 bits per heavy atom. The topological polar surface area (TPSA) is 95.5 Å². The van der Waals surface area contributed by atoms with Crippen LogP contribution in [-0.2, 0) is 20.8 Å². The molecule has 0 radical (unpaired) electrons. The zero-order chi connectivity index (χ0) is 15.1. The van der Waals surface area contributed by atoms with Crippen molar-refractivity contribution in [3.8, 4) is 0 Å². The van der Waals surface area contributed by atoms with E-state index in [1.54, 1.807) is 0 Å². The molecular formula is C12H12ClFN2O4. The molecule has 2 amide bonds. The van der Waals surface area contributed by atoms with E-state index in [2.05, 4.69) is 10.6 Å². The number of carbonyl (C=O) groups excluding carboxylic acids is 2. The van der Waals surface area contributed by atoms with Gasteiger partial charge in [0.05, 0.1) is 13.0 Å². The van der Waals surface area contributed by atoms with Gasteiger partial charge < -0.3 is 15.7 Å². The summed E-state index contributed by atoms with van der Waals surface area (Å²) in [7, 11) is 0. The molecule has 1 rings (SSSR count). The highest BCUT2D eigenvalue weighted by atomic mass is 35.5. The molecule has 0 atom stereocenters. The second-order valence-corrected chi connectivity index (χ2v) is 4.23. The third kappa shape index (κ3) is 5.23. The van der Waals surface area contributed by atoms with Crippen LogP contribution in [0, 0.1) is 5.82 Å². The molecule has 1 aromatic rings. The molecule has 0 saturated carbocycles. The van der Waals surface area contributed by atoms with Gasteiger partial charge in [-0.05, 0) is 12.1 Å². The Morgan fingerprint density at radius 2 is 1.80 bits per heavy atom. The largest absolute Gasteiger partial charge is 0.480 e. The van der Waals surface area contributed by atoms with Crippen molar-refractivity contribution in [2.75, 3.05) is 13.1 Å². The Balaban J connectivity index is 2.44. The zero-order valence-corrected chi connectivity index (χ0v) is 11.0. The van der Waals surface area contributed by atoms with Gasteiger partial charge in [-0.1, -0.05) is 17.7 Å². The van der Waals surface area contributed by atoms with Crippen molar-refractivity contribution >= 4 is 29.4 Å². The minimum absolute atomic E-state index is 0.0395. The molecule has 0 aliphatic rings. The Hall–Kier alpha value is -2.15. The van der Waals surface area contributed by atoms with Crippen molar-refractivity contribution in [2.45, 2.75) is 6.42 Å². The van der Waals surface area contributed by atoms with Crippen molar-refractivity contribution in [1.29, 1.82) is 0 Å². The first-order valence-corrected chi connectivity index (χ1v) is 5.96. The van der Waals surface area contributed by atoms with Gasteiger partial charge in [0.2, 0.25) is 11.8 Å². The number of rotatable bonds is 6. The van der Waals surface area contributed by atoms with Crippen LogP contribution in [0.4, 0.5) is 4.39 Å². The number of halogens is 2. The highest BCUT2D eigenvalue weighted by Gasteiger charge is 2.12. The number of benzene rings is 1. The van der Waals surface area contributed by atoms with Gasteiger partial charge in [0.25, 0.3) is 0 Å². The zero-order valence-electron chi connectivity index (χ0n) is 10.3. The fourth-order valence-electron chi connectivity index (χ4n) is 1.34. The Kier molecular flexibility index (Phi) is 5.92. The van der Waals surface area contributed by atoms with Gasteiger partial charge in [-0.15, -0.1) is 0 Å². The van der Waals surface area contributed by atoms with Crippen molar-refractivity contribution in [3.63, 3.8) is 0 Å². The summed E-state index contributed by atoms with van der Waals surface area (Å²) in [5.74, 6) is -3.05. The van der Waals surface area contributed by atoms with Crippen LogP contribution in [0.5, 0.6) is 0 Å². The molecule has 0 heterocycles. The average Bonchev–Trinajstić information content (AvgIpc) is 2.38. The maximum Gasteiger partial charge on any atom is 0.322 e. The summed E-state index contributed by atoms with van der Waals surface area (Å²) in [5, 5.41) is 12.8. The summed E-state index contributed by atoms with van der Waals surface area (Å²) in [6.07, 6.45) is -0.308. The van der Waals surface area contributed by atoms with Crippen LogP contribution in [0.1, 0.15) is 5.56 Å². The number of aliphatic carboxylic acids is 1. The third-order valence-corrected chi connectivity index (χ3v) is 2.64. The first-order valence-electron chi connectivity index (χ1n) is 5.58. The fourth-order valence-corrected chi connectivity index (χ4v) is 1.57. The van der Waals surface area contributed by atoms with Crippen molar-refractivity contribution in [2.24, 2.45) is 0 Å². The molecule has 3 N–H and O–H groups in total. The average molecular weight is 303 g/mol. The van der Waals surface area contributed by atoms with E-state index in [-0.39, 0.29) is 17.0 Å². The van der Waals surface area contributed by atoms with E-state index >= 15 is 0 Å². The molecule has 108 valence electrons. The highest BCUT2D eigenvalue weighted by molar-refractivity contribution is 6.31. The normalized spacial score (nSPS) is 9.90. The lowest BCUT2D eigenvalue weighted by molar-refractivity contribution is -0.137. The Bertz CT molecular complexity index is 516. The summed E-state index contributed by atoms with van der Waals surface area (Å²) in [6, 6.07) is 4.04. The van der Waals surface area contributed by atoms with Crippen LogP contribution >= 0.6 is 11.6 Å². The van der Waals surface area contributed by atoms with Gasteiger partial charge in [0.15, 0.2) is 0 Å². The summed E-state index contributed by atoms with van der Waals surface area (Å²) in [4.78, 5) is 32.9. The summed E-state index contributed by atoms with van der Waals surface area (Å²) in [6.45, 7) is -0.925. The Labute approximate surface area is 118 Å². The number of hydrogen-bond acceptors (Lipinski definition) is 3. The van der Waals surface area contributed by atoms with Crippen molar-refractivity contribution in [1.82, 2.24) is 10.6 Å². The van der Waals surface area contributed by atoms with Gasteiger partial charge in [-0.2, -0.15) is 0 Å². The first kappa shape index (κ1) is 15.9. The van der Waals surface area contributed by atoms with Gasteiger partial charge >= 0.3 is 5.97 Å². The monoisotopic (exact) mass is 302 g/mol. The molecule has 8 heteroatoms. The third-order valence-electron chi connectivity index (χ3n) is 2.28. The molecule has 0 saturated heterocycles. The summed E-state index contributed by atoms with van der Waals surface area (Å²) >= 11 is 5.76. The predicted molar refractivity (Wildman–Crippen MR) is 68.8 cm³/mol. The molecule has 6 nitrogen and oxygen atoms in total. The van der Waals surface area contributed by atoms with Crippen molar-refractivity contribution < 1.29 is 23.9 Å². The molecule has 0 aliphatic heterocycles. The lowest BCUT2D eigenvalue weighted by atomic mass is 10.1. The number of carboxylic acid groups (broad SMARTS) is 1. The number of hydrogen-bond donors (Lipinski definition) is 3. The van der Waals surface area contributed by atoms with Crippen LogP contribution in [0.2, 0.25) is 5.02 Å². The number of carboxylic acids is 1. The fraction of sp³-hybridized carbons (Fsp3) is 0.250. The maximum atomic E-state index is 13.4. The number of carbonyl (C=O) groups is 3. The van der Waals surface area contributed by atoms with E-state index in [9.17, 15) is 18.8 Å². The molecule has 0 aromatic heterocycles. The van der Waals surface area contributed by atoms with Gasteiger partial charge in [-0.3, -0.25) is 14.4 Å². The minimum Gasteiger partial charge on any atom is -0.480 e. The Morgan fingerprint density at radius 1 is 1.15 bits per heavy atom. The molecule has 20 heavy (non-hydrogen) atoms. The quantitative estimate of drug-likeness (QED) is 0.706. The van der Waals surface area contributed by atoms with Crippen LogP contribution < -0.4 is 10.6 Å². The van der Waals surface area contributed by atoms with E-state index in [0.717, 1.165) is 0 Å². The van der Waals surface area contributed by atoms with Crippen LogP contribution in [0.15, 0.2) is 18.2 Å². The molecule has 0 unspecified atom stereocenters. The molecule has 0 fully saturated rings. The molecule has 0 bridgehead atoms. The first-order chi connectivity index (χ1) is 9.40. The number of nitrogens with one attached hydrogen (secondary N) is 2.